The topological polar surface area (TPSA) is 70.4 Å². The molecule has 0 saturated carbocycles. The van der Waals surface area contributed by atoms with Crippen LogP contribution in [0.1, 0.15) is 36.8 Å². The number of aromatic nitrogens is 2. The maximum absolute atomic E-state index is 12.7. The number of nitrogens with zero attached hydrogens (tertiary/aromatic N) is 2. The van der Waals surface area contributed by atoms with Gasteiger partial charge in [0.25, 0.3) is 0 Å². The van der Waals surface area contributed by atoms with Crippen molar-refractivity contribution in [2.75, 3.05) is 0 Å². The van der Waals surface area contributed by atoms with E-state index in [1.807, 2.05) is 36.4 Å². The minimum Gasteiger partial charge on any atom is -0.459 e. The van der Waals surface area contributed by atoms with Gasteiger partial charge in [-0.1, -0.05) is 30.3 Å². The van der Waals surface area contributed by atoms with Gasteiger partial charge in [-0.05, 0) is 44.5 Å². The lowest BCUT2D eigenvalue weighted by Crippen LogP contribution is -2.27. The zero-order chi connectivity index (χ0) is 19.4. The van der Waals surface area contributed by atoms with Crippen LogP contribution < -0.4 is 0 Å². The molecule has 0 atom stereocenters. The number of ether oxygens (including phenoxy) is 2. The van der Waals surface area contributed by atoms with Crippen molar-refractivity contribution in [3.8, 4) is 0 Å². The van der Waals surface area contributed by atoms with Gasteiger partial charge < -0.3 is 14.0 Å². The van der Waals surface area contributed by atoms with E-state index in [4.69, 9.17) is 9.47 Å². The molecule has 0 saturated heterocycles. The van der Waals surface area contributed by atoms with Gasteiger partial charge in [0.05, 0.1) is 0 Å². The predicted octanol–water partition coefficient (Wildman–Crippen LogP) is 3.74. The van der Waals surface area contributed by atoms with Crippen LogP contribution in [0.15, 0.2) is 54.7 Å². The monoisotopic (exact) mass is 366 g/mol. The largest absolute Gasteiger partial charge is 0.459 e. The van der Waals surface area contributed by atoms with Gasteiger partial charge in [0, 0.05) is 11.6 Å². The molecule has 0 aliphatic rings. The number of esters is 2. The molecule has 2 heterocycles. The third-order valence-corrected chi connectivity index (χ3v) is 3.78. The number of hydrogen-bond donors (Lipinski definition) is 0. The second-order valence-corrected chi connectivity index (χ2v) is 7.18. The van der Waals surface area contributed by atoms with Crippen LogP contribution in [-0.4, -0.2) is 27.1 Å². The zero-order valence-electron chi connectivity index (χ0n) is 15.6. The molecule has 0 fully saturated rings. The molecule has 3 aromatic rings. The second-order valence-electron chi connectivity index (χ2n) is 7.18. The Bertz CT molecular complexity index is 955. The smallest absolute Gasteiger partial charge is 0.355 e. The molecule has 0 amide bonds. The predicted molar refractivity (Wildman–Crippen MR) is 101 cm³/mol. The summed E-state index contributed by atoms with van der Waals surface area (Å²) in [5.41, 5.74) is 1.08. The highest BCUT2D eigenvalue weighted by Gasteiger charge is 2.22. The molecule has 0 aliphatic carbocycles. The van der Waals surface area contributed by atoms with Gasteiger partial charge >= 0.3 is 11.9 Å². The second kappa shape index (κ2) is 7.61. The average Bonchev–Trinajstić information content (AvgIpc) is 2.98. The molecule has 0 spiro atoms. The summed E-state index contributed by atoms with van der Waals surface area (Å²) in [6.45, 7) is 5.43. The van der Waals surface area contributed by atoms with E-state index >= 15 is 0 Å². The molecule has 6 nitrogen and oxygen atoms in total. The highest BCUT2D eigenvalue weighted by molar-refractivity contribution is 5.95. The summed E-state index contributed by atoms with van der Waals surface area (Å²) in [6.07, 6.45) is 1.62. The molecular formula is C21H22N2O4. The quantitative estimate of drug-likeness (QED) is 0.644. The Kier molecular flexibility index (Phi) is 5.26. The van der Waals surface area contributed by atoms with Crippen LogP contribution in [0.4, 0.5) is 0 Å². The van der Waals surface area contributed by atoms with Gasteiger partial charge in [-0.2, -0.15) is 0 Å². The minimum absolute atomic E-state index is 0.118. The first kappa shape index (κ1) is 18.6. The summed E-state index contributed by atoms with van der Waals surface area (Å²) in [6, 6.07) is 14.7. The van der Waals surface area contributed by atoms with Crippen LogP contribution in [0, 0.1) is 0 Å². The van der Waals surface area contributed by atoms with E-state index in [0.29, 0.717) is 5.65 Å². The molecule has 0 aliphatic heterocycles. The maximum Gasteiger partial charge on any atom is 0.355 e. The normalized spacial score (nSPS) is 11.4. The summed E-state index contributed by atoms with van der Waals surface area (Å²) in [7, 11) is 0. The Morgan fingerprint density at radius 3 is 2.52 bits per heavy atom. The van der Waals surface area contributed by atoms with Crippen molar-refractivity contribution in [2.45, 2.75) is 39.5 Å². The molecular weight excluding hydrogens is 344 g/mol. The van der Waals surface area contributed by atoms with E-state index in [0.717, 1.165) is 10.9 Å². The van der Waals surface area contributed by atoms with Gasteiger partial charge in [0.15, 0.2) is 0 Å². The highest BCUT2D eigenvalue weighted by Crippen LogP contribution is 2.20. The number of hydrogen-bond acceptors (Lipinski definition) is 5. The van der Waals surface area contributed by atoms with E-state index in [-0.39, 0.29) is 18.8 Å². The number of carbonyl (C=O) groups excluding carboxylic acids is 2. The van der Waals surface area contributed by atoms with Crippen molar-refractivity contribution < 1.29 is 19.1 Å². The van der Waals surface area contributed by atoms with Crippen molar-refractivity contribution in [1.82, 2.24) is 9.55 Å². The van der Waals surface area contributed by atoms with E-state index in [9.17, 15) is 9.59 Å². The fraction of sp³-hybridized carbons (Fsp3) is 0.286. The molecule has 0 unspecified atom stereocenters. The van der Waals surface area contributed by atoms with Crippen molar-refractivity contribution in [1.29, 1.82) is 0 Å². The van der Waals surface area contributed by atoms with E-state index < -0.39 is 17.5 Å². The summed E-state index contributed by atoms with van der Waals surface area (Å²) >= 11 is 0. The lowest BCUT2D eigenvalue weighted by molar-refractivity contribution is -0.155. The molecule has 0 N–H and O–H groups in total. The lowest BCUT2D eigenvalue weighted by Gasteiger charge is -2.20. The first-order valence-corrected chi connectivity index (χ1v) is 8.71. The first-order chi connectivity index (χ1) is 12.8. The van der Waals surface area contributed by atoms with Crippen molar-refractivity contribution >= 4 is 23.0 Å². The number of fused-ring (bicyclic) bond motifs is 1. The standard InChI is InChI=1S/C21H22N2O4/c1-21(2,3)27-18(24)13-23-17(12-16-10-7-11-22-19(16)23)20(25)26-14-15-8-5-4-6-9-15/h4-12H,13-14H2,1-3H3. The van der Waals surface area contributed by atoms with E-state index in [1.165, 1.54) is 4.57 Å². The van der Waals surface area contributed by atoms with Gasteiger partial charge in [-0.15, -0.1) is 0 Å². The minimum atomic E-state index is -0.610. The van der Waals surface area contributed by atoms with Crippen LogP contribution in [0.25, 0.3) is 11.0 Å². The Balaban J connectivity index is 1.85. The molecule has 3 rings (SSSR count). The average molecular weight is 366 g/mol. The van der Waals surface area contributed by atoms with Gasteiger partial charge in [0.2, 0.25) is 0 Å². The Hall–Kier alpha value is -3.15. The van der Waals surface area contributed by atoms with Crippen molar-refractivity contribution in [3.63, 3.8) is 0 Å². The van der Waals surface area contributed by atoms with Crippen LogP contribution in [0.3, 0.4) is 0 Å². The molecule has 0 bridgehead atoms. The fourth-order valence-electron chi connectivity index (χ4n) is 2.72. The third-order valence-electron chi connectivity index (χ3n) is 3.78. The summed E-state index contributed by atoms with van der Waals surface area (Å²) in [5.74, 6) is -0.955. The Labute approximate surface area is 157 Å². The fourth-order valence-corrected chi connectivity index (χ4v) is 2.72. The highest BCUT2D eigenvalue weighted by atomic mass is 16.6. The van der Waals surface area contributed by atoms with Crippen LogP contribution in [-0.2, 0) is 27.4 Å². The van der Waals surface area contributed by atoms with E-state index in [2.05, 4.69) is 4.98 Å². The van der Waals surface area contributed by atoms with Gasteiger partial charge in [0.1, 0.15) is 30.1 Å². The Morgan fingerprint density at radius 2 is 1.81 bits per heavy atom. The summed E-state index contributed by atoms with van der Waals surface area (Å²) in [5, 5.41) is 0.757. The van der Waals surface area contributed by atoms with Crippen molar-refractivity contribution in [2.24, 2.45) is 0 Å². The van der Waals surface area contributed by atoms with Crippen LogP contribution in [0.5, 0.6) is 0 Å². The lowest BCUT2D eigenvalue weighted by atomic mass is 10.2. The molecule has 1 aromatic carbocycles. The summed E-state index contributed by atoms with van der Waals surface area (Å²) in [4.78, 5) is 29.3. The Morgan fingerprint density at radius 1 is 1.07 bits per heavy atom. The number of benzene rings is 1. The molecule has 6 heteroatoms. The number of rotatable bonds is 5. The molecule has 2 aromatic heterocycles. The van der Waals surface area contributed by atoms with Gasteiger partial charge in [-0.25, -0.2) is 9.78 Å². The third kappa shape index (κ3) is 4.73. The maximum atomic E-state index is 12.7. The van der Waals surface area contributed by atoms with Crippen molar-refractivity contribution in [3.05, 3.63) is 66.0 Å². The van der Waals surface area contributed by atoms with Crippen LogP contribution >= 0.6 is 0 Å². The van der Waals surface area contributed by atoms with Crippen LogP contribution in [0.2, 0.25) is 0 Å². The molecule has 0 radical (unpaired) electrons. The zero-order valence-corrected chi connectivity index (χ0v) is 15.6. The molecule has 140 valence electrons. The number of carbonyl (C=O) groups is 2. The van der Waals surface area contributed by atoms with Gasteiger partial charge in [-0.3, -0.25) is 4.79 Å². The SMILES string of the molecule is CC(C)(C)OC(=O)Cn1c(C(=O)OCc2ccccc2)cc2cccnc21. The summed E-state index contributed by atoms with van der Waals surface area (Å²) < 4.78 is 12.3. The number of pyridine rings is 1. The first-order valence-electron chi connectivity index (χ1n) is 8.71. The van der Waals surface area contributed by atoms with E-state index in [1.54, 1.807) is 39.1 Å². The molecule has 27 heavy (non-hydrogen) atoms.